The van der Waals surface area contributed by atoms with Crippen molar-refractivity contribution in [3.63, 3.8) is 0 Å². The number of anilines is 1. The second-order valence-electron chi connectivity index (χ2n) is 6.55. The van der Waals surface area contributed by atoms with Gasteiger partial charge in [0.2, 0.25) is 0 Å². The number of aromatic nitrogens is 1. The average molecular weight is 304 g/mol. The zero-order chi connectivity index (χ0) is 16.1. The Morgan fingerprint density at radius 2 is 2.18 bits per heavy atom. The minimum Gasteiger partial charge on any atom is -0.371 e. The van der Waals surface area contributed by atoms with Crippen molar-refractivity contribution in [3.05, 3.63) is 23.9 Å². The van der Waals surface area contributed by atoms with Crippen LogP contribution in [-0.4, -0.2) is 36.1 Å². The zero-order valence-electron chi connectivity index (χ0n) is 14.2. The fourth-order valence-corrected chi connectivity index (χ4v) is 2.80. The summed E-state index contributed by atoms with van der Waals surface area (Å²) in [5.41, 5.74) is 0.667. The molecule has 1 aromatic rings. The van der Waals surface area contributed by atoms with Gasteiger partial charge in [-0.25, -0.2) is 4.98 Å². The molecule has 1 aliphatic rings. The maximum Gasteiger partial charge on any atom is 0.161 e. The summed E-state index contributed by atoms with van der Waals surface area (Å²) in [6, 6.07) is 3.82. The van der Waals surface area contributed by atoms with Crippen LogP contribution in [0.2, 0.25) is 0 Å². The average Bonchev–Trinajstić information content (AvgIpc) is 2.52. The number of hydrogen-bond donors (Lipinski definition) is 0. The van der Waals surface area contributed by atoms with Crippen molar-refractivity contribution < 1.29 is 9.53 Å². The van der Waals surface area contributed by atoms with Crippen LogP contribution < -0.4 is 4.90 Å². The van der Waals surface area contributed by atoms with E-state index in [0.29, 0.717) is 11.5 Å². The maximum atomic E-state index is 11.4. The third kappa shape index (κ3) is 4.29. The molecule has 4 nitrogen and oxygen atoms in total. The highest BCUT2D eigenvalue weighted by molar-refractivity contribution is 5.93. The fourth-order valence-electron chi connectivity index (χ4n) is 2.80. The fraction of sp³-hybridized carbons (Fsp3) is 0.667. The minimum atomic E-state index is 0.0573. The summed E-state index contributed by atoms with van der Waals surface area (Å²) >= 11 is 0. The van der Waals surface area contributed by atoms with E-state index in [4.69, 9.17) is 4.74 Å². The topological polar surface area (TPSA) is 42.4 Å². The normalized spacial score (nSPS) is 22.1. The Balaban J connectivity index is 2.11. The van der Waals surface area contributed by atoms with Gasteiger partial charge in [-0.1, -0.05) is 33.6 Å². The Bertz CT molecular complexity index is 484. The molecule has 2 atom stereocenters. The van der Waals surface area contributed by atoms with Crippen LogP contribution in [0.25, 0.3) is 0 Å². The van der Waals surface area contributed by atoms with Crippen LogP contribution in [0, 0.1) is 5.92 Å². The summed E-state index contributed by atoms with van der Waals surface area (Å²) in [6.07, 6.45) is 5.68. The summed E-state index contributed by atoms with van der Waals surface area (Å²) in [5.74, 6) is 1.49. The van der Waals surface area contributed by atoms with Gasteiger partial charge in [-0.2, -0.15) is 0 Å². The first-order chi connectivity index (χ1) is 10.5. The first-order valence-corrected chi connectivity index (χ1v) is 8.38. The van der Waals surface area contributed by atoms with Crippen molar-refractivity contribution in [2.45, 2.75) is 59.2 Å². The summed E-state index contributed by atoms with van der Waals surface area (Å²) in [5, 5.41) is 0. The molecule has 2 rings (SSSR count). The Morgan fingerprint density at radius 3 is 2.73 bits per heavy atom. The molecule has 0 amide bonds. The van der Waals surface area contributed by atoms with Gasteiger partial charge in [-0.15, -0.1) is 0 Å². The molecule has 1 aliphatic heterocycles. The number of hydrogen-bond acceptors (Lipinski definition) is 4. The molecule has 0 bridgehead atoms. The van der Waals surface area contributed by atoms with Crippen LogP contribution in [0.15, 0.2) is 18.3 Å². The van der Waals surface area contributed by atoms with Gasteiger partial charge in [0.15, 0.2) is 5.78 Å². The smallest absolute Gasteiger partial charge is 0.161 e. The lowest BCUT2D eigenvalue weighted by molar-refractivity contribution is -0.0521. The Morgan fingerprint density at radius 1 is 1.41 bits per heavy atom. The largest absolute Gasteiger partial charge is 0.371 e. The van der Waals surface area contributed by atoms with Crippen LogP contribution in [0.1, 0.15) is 57.3 Å². The molecule has 0 aromatic carbocycles. The Hall–Kier alpha value is -1.42. The van der Waals surface area contributed by atoms with E-state index in [-0.39, 0.29) is 18.0 Å². The van der Waals surface area contributed by atoms with Crippen molar-refractivity contribution in [1.82, 2.24) is 4.98 Å². The number of unbranched alkanes of at least 4 members (excludes halogenated alkanes) is 1. The van der Waals surface area contributed by atoms with Crippen LogP contribution in [0.3, 0.4) is 0 Å². The summed E-state index contributed by atoms with van der Waals surface area (Å²) in [6.45, 7) is 9.94. The molecule has 1 aromatic heterocycles. The summed E-state index contributed by atoms with van der Waals surface area (Å²) in [4.78, 5) is 18.2. The Labute approximate surface area is 133 Å². The molecule has 2 heterocycles. The van der Waals surface area contributed by atoms with Crippen molar-refractivity contribution in [2.24, 2.45) is 5.92 Å². The molecular weight excluding hydrogens is 276 g/mol. The second-order valence-corrected chi connectivity index (χ2v) is 6.55. The lowest BCUT2D eigenvalue weighted by atomic mass is 10.0. The van der Waals surface area contributed by atoms with Crippen LogP contribution in [0.5, 0.6) is 0 Å². The SMILES string of the molecule is CCCC[C@@H]1CN(c2ccc(C(C)=O)cn2)C[C@H](C(C)C)O1. The molecule has 22 heavy (non-hydrogen) atoms. The molecule has 0 radical (unpaired) electrons. The predicted octanol–water partition coefficient (Wildman–Crippen LogP) is 3.70. The predicted molar refractivity (Wildman–Crippen MR) is 89.5 cm³/mol. The molecule has 0 unspecified atom stereocenters. The van der Waals surface area contributed by atoms with E-state index < -0.39 is 0 Å². The third-order valence-electron chi connectivity index (χ3n) is 4.29. The quantitative estimate of drug-likeness (QED) is 0.752. The van der Waals surface area contributed by atoms with Crippen LogP contribution in [-0.2, 0) is 4.74 Å². The van der Waals surface area contributed by atoms with E-state index in [2.05, 4.69) is 30.7 Å². The van der Waals surface area contributed by atoms with E-state index in [1.807, 2.05) is 12.1 Å². The summed E-state index contributed by atoms with van der Waals surface area (Å²) in [7, 11) is 0. The number of ether oxygens (including phenoxy) is 1. The maximum absolute atomic E-state index is 11.4. The highest BCUT2D eigenvalue weighted by Crippen LogP contribution is 2.24. The molecule has 0 N–H and O–H groups in total. The number of rotatable bonds is 6. The standard InChI is InChI=1S/C18H28N2O2/c1-5-6-7-16-11-20(12-17(22-16)13(2)3)18-9-8-15(10-19-18)14(4)21/h8-10,13,16-17H,5-7,11-12H2,1-4H3/t16-,17-/m1/s1. The molecule has 0 aliphatic carbocycles. The van der Waals surface area contributed by atoms with Gasteiger partial charge in [0.05, 0.1) is 12.2 Å². The van der Waals surface area contributed by atoms with Gasteiger partial charge < -0.3 is 9.64 Å². The number of ketones is 1. The number of pyridine rings is 1. The number of Topliss-reactive ketones (excluding diaryl/α,β-unsaturated/α-hetero) is 1. The monoisotopic (exact) mass is 304 g/mol. The second kappa shape index (κ2) is 7.73. The summed E-state index contributed by atoms with van der Waals surface area (Å²) < 4.78 is 6.24. The van der Waals surface area contributed by atoms with E-state index in [1.54, 1.807) is 13.1 Å². The van der Waals surface area contributed by atoms with Crippen molar-refractivity contribution >= 4 is 11.6 Å². The van der Waals surface area contributed by atoms with Gasteiger partial charge in [-0.05, 0) is 31.4 Å². The van der Waals surface area contributed by atoms with Crippen molar-refractivity contribution in [2.75, 3.05) is 18.0 Å². The highest BCUT2D eigenvalue weighted by atomic mass is 16.5. The number of carbonyl (C=O) groups is 1. The van der Waals surface area contributed by atoms with E-state index >= 15 is 0 Å². The van der Waals surface area contributed by atoms with Gasteiger partial charge in [0, 0.05) is 24.8 Å². The zero-order valence-corrected chi connectivity index (χ0v) is 14.2. The highest BCUT2D eigenvalue weighted by Gasteiger charge is 2.30. The molecule has 122 valence electrons. The van der Waals surface area contributed by atoms with E-state index in [1.165, 1.54) is 12.8 Å². The van der Waals surface area contributed by atoms with Crippen LogP contribution >= 0.6 is 0 Å². The molecular formula is C18H28N2O2. The van der Waals surface area contributed by atoms with Crippen LogP contribution in [0.4, 0.5) is 5.82 Å². The molecule has 4 heteroatoms. The lowest BCUT2D eigenvalue weighted by Gasteiger charge is -2.40. The van der Waals surface area contributed by atoms with E-state index in [0.717, 1.165) is 25.3 Å². The number of nitrogens with zero attached hydrogens (tertiary/aromatic N) is 2. The lowest BCUT2D eigenvalue weighted by Crippen LogP contribution is -2.49. The van der Waals surface area contributed by atoms with E-state index in [9.17, 15) is 4.79 Å². The molecule has 1 fully saturated rings. The molecule has 0 saturated carbocycles. The van der Waals surface area contributed by atoms with Gasteiger partial charge >= 0.3 is 0 Å². The number of morpholine rings is 1. The van der Waals surface area contributed by atoms with Gasteiger partial charge in [-0.3, -0.25) is 4.79 Å². The molecule has 1 saturated heterocycles. The van der Waals surface area contributed by atoms with Crippen molar-refractivity contribution in [1.29, 1.82) is 0 Å². The molecule has 0 spiro atoms. The first kappa shape index (κ1) is 16.9. The number of carbonyl (C=O) groups excluding carboxylic acids is 1. The van der Waals surface area contributed by atoms with Gasteiger partial charge in [0.25, 0.3) is 0 Å². The minimum absolute atomic E-state index is 0.0573. The van der Waals surface area contributed by atoms with Gasteiger partial charge in [0.1, 0.15) is 5.82 Å². The van der Waals surface area contributed by atoms with Crippen molar-refractivity contribution in [3.8, 4) is 0 Å². The first-order valence-electron chi connectivity index (χ1n) is 8.38. The Kier molecular flexibility index (Phi) is 5.95. The third-order valence-corrected chi connectivity index (χ3v) is 4.29.